The molecule has 0 radical (unpaired) electrons. The largest absolute Gasteiger partial charge is 0.490 e. The number of aromatic nitrogens is 2. The Kier molecular flexibility index (Phi) is 8.15. The molecule has 1 saturated heterocycles. The molecule has 1 fully saturated rings. The van der Waals surface area contributed by atoms with Gasteiger partial charge in [0.05, 0.1) is 6.54 Å². The molecule has 0 aliphatic carbocycles. The van der Waals surface area contributed by atoms with E-state index in [2.05, 4.69) is 15.5 Å². The zero-order valence-corrected chi connectivity index (χ0v) is 18.5. The molecule has 0 spiro atoms. The number of halogens is 7. The number of hydrogen-bond acceptors (Lipinski definition) is 6. The summed E-state index contributed by atoms with van der Waals surface area (Å²) in [5, 5.41) is 16.5. The molecule has 2 N–H and O–H groups in total. The molecular formula is C22H17F7N4O4. The number of carbonyl (C=O) groups is 2. The van der Waals surface area contributed by atoms with Crippen molar-refractivity contribution in [3.05, 3.63) is 65.8 Å². The van der Waals surface area contributed by atoms with Crippen LogP contribution in [0, 0.1) is 5.82 Å². The highest BCUT2D eigenvalue weighted by Crippen LogP contribution is 2.29. The molecule has 4 rings (SSSR count). The molecule has 15 heteroatoms. The van der Waals surface area contributed by atoms with Gasteiger partial charge in [-0.25, -0.2) is 13.6 Å². The minimum atomic E-state index is -5.08. The van der Waals surface area contributed by atoms with Crippen molar-refractivity contribution in [2.45, 2.75) is 24.8 Å². The van der Waals surface area contributed by atoms with Crippen molar-refractivity contribution in [3.8, 4) is 11.5 Å². The summed E-state index contributed by atoms with van der Waals surface area (Å²) >= 11 is 0. The van der Waals surface area contributed by atoms with Crippen molar-refractivity contribution in [3.63, 3.8) is 0 Å². The monoisotopic (exact) mass is 534 g/mol. The number of carboxylic acids is 1. The summed E-state index contributed by atoms with van der Waals surface area (Å²) in [6.07, 6.45) is -8.02. The average molecular weight is 534 g/mol. The fourth-order valence-electron chi connectivity index (χ4n) is 3.04. The minimum absolute atomic E-state index is 0.110. The molecule has 0 bridgehead atoms. The van der Waals surface area contributed by atoms with E-state index in [4.69, 9.17) is 14.3 Å². The topological polar surface area (TPSA) is 109 Å². The smallest absolute Gasteiger partial charge is 0.475 e. The highest BCUT2D eigenvalue weighted by atomic mass is 19.4. The van der Waals surface area contributed by atoms with E-state index in [1.165, 1.54) is 17.0 Å². The number of nitrogens with one attached hydrogen (secondary N) is 1. The molecule has 0 atom stereocenters. The summed E-state index contributed by atoms with van der Waals surface area (Å²) in [5.41, 5.74) is -1.41. The number of hydrogen-bond donors (Lipinski definition) is 2. The van der Waals surface area contributed by atoms with Crippen LogP contribution >= 0.6 is 0 Å². The Balaban J connectivity index is 0.000000479. The number of carboxylic acid groups (broad SMARTS) is 1. The molecule has 1 aliphatic heterocycles. The highest BCUT2D eigenvalue weighted by molar-refractivity contribution is 6.00. The van der Waals surface area contributed by atoms with Crippen molar-refractivity contribution >= 4 is 17.6 Å². The Bertz CT molecular complexity index is 1250. The molecule has 0 saturated carbocycles. The molecule has 1 aliphatic rings. The van der Waals surface area contributed by atoms with E-state index in [0.29, 0.717) is 5.69 Å². The normalized spacial score (nSPS) is 14.4. The quantitative estimate of drug-likeness (QED) is 0.455. The minimum Gasteiger partial charge on any atom is -0.475 e. The number of para-hydroxylation sites is 1. The fraction of sp³-hybridized carbons (Fsp3) is 0.273. The first-order valence-electron chi connectivity index (χ1n) is 10.3. The maximum absolute atomic E-state index is 14.8. The molecule has 198 valence electrons. The third-order valence-electron chi connectivity index (χ3n) is 5.00. The Labute approximate surface area is 203 Å². The van der Waals surface area contributed by atoms with E-state index in [0.717, 1.165) is 6.07 Å². The van der Waals surface area contributed by atoms with Crippen molar-refractivity contribution in [1.29, 1.82) is 0 Å². The first-order valence-corrected chi connectivity index (χ1v) is 10.3. The first-order chi connectivity index (χ1) is 17.3. The number of benzene rings is 2. The molecular weight excluding hydrogens is 517 g/mol. The van der Waals surface area contributed by atoms with E-state index >= 15 is 0 Å². The van der Waals surface area contributed by atoms with Crippen LogP contribution in [0.25, 0.3) is 11.5 Å². The predicted octanol–water partition coefficient (Wildman–Crippen LogP) is 4.29. The van der Waals surface area contributed by atoms with Crippen molar-refractivity contribution < 1.29 is 49.8 Å². The van der Waals surface area contributed by atoms with E-state index in [1.54, 1.807) is 30.3 Å². The maximum Gasteiger partial charge on any atom is 0.490 e. The lowest BCUT2D eigenvalue weighted by Gasteiger charge is -2.37. The third-order valence-corrected chi connectivity index (χ3v) is 5.00. The number of alkyl halides is 6. The summed E-state index contributed by atoms with van der Waals surface area (Å²) in [4.78, 5) is 22.9. The van der Waals surface area contributed by atoms with Gasteiger partial charge in [-0.3, -0.25) is 4.79 Å². The van der Waals surface area contributed by atoms with Crippen molar-refractivity contribution in [1.82, 2.24) is 15.5 Å². The second-order valence-corrected chi connectivity index (χ2v) is 7.65. The molecule has 1 aromatic heterocycles. The van der Waals surface area contributed by atoms with Gasteiger partial charge in [0.15, 0.2) is 0 Å². The fourth-order valence-corrected chi connectivity index (χ4v) is 3.04. The van der Waals surface area contributed by atoms with E-state index in [9.17, 15) is 35.5 Å². The van der Waals surface area contributed by atoms with Gasteiger partial charge in [-0.2, -0.15) is 22.0 Å². The summed E-state index contributed by atoms with van der Waals surface area (Å²) < 4.78 is 91.3. The van der Waals surface area contributed by atoms with Crippen LogP contribution in [0.3, 0.4) is 0 Å². The molecule has 2 heterocycles. The van der Waals surface area contributed by atoms with Crippen LogP contribution in [0.15, 0.2) is 52.9 Å². The molecule has 8 nitrogen and oxygen atoms in total. The Morgan fingerprint density at radius 1 is 1.11 bits per heavy atom. The van der Waals surface area contributed by atoms with Crippen LogP contribution in [0.2, 0.25) is 0 Å². The Morgan fingerprint density at radius 2 is 1.73 bits per heavy atom. The van der Waals surface area contributed by atoms with Crippen LogP contribution in [-0.2, 0) is 16.1 Å². The second kappa shape index (κ2) is 10.9. The van der Waals surface area contributed by atoms with Gasteiger partial charge < -0.3 is 19.7 Å². The van der Waals surface area contributed by atoms with Gasteiger partial charge in [0.2, 0.25) is 11.6 Å². The van der Waals surface area contributed by atoms with Gasteiger partial charge in [-0.05, 0) is 24.3 Å². The summed E-state index contributed by atoms with van der Waals surface area (Å²) in [6, 6.07) is 12.2. The lowest BCUT2D eigenvalue weighted by molar-refractivity contribution is -0.192. The highest BCUT2D eigenvalue weighted by Gasteiger charge is 2.47. The lowest BCUT2D eigenvalue weighted by atomic mass is 9.96. The molecule has 0 unspecified atom stereocenters. The van der Waals surface area contributed by atoms with Gasteiger partial charge in [0.25, 0.3) is 11.8 Å². The van der Waals surface area contributed by atoms with Gasteiger partial charge in [-0.1, -0.05) is 24.3 Å². The Morgan fingerprint density at radius 3 is 2.19 bits per heavy atom. The van der Waals surface area contributed by atoms with Crippen LogP contribution in [0.1, 0.15) is 17.9 Å². The van der Waals surface area contributed by atoms with Crippen LogP contribution in [-0.4, -0.2) is 52.1 Å². The van der Waals surface area contributed by atoms with Gasteiger partial charge in [0, 0.05) is 29.9 Å². The lowest BCUT2D eigenvalue weighted by Crippen LogP contribution is -2.65. The van der Waals surface area contributed by atoms with Crippen LogP contribution < -0.4 is 10.2 Å². The predicted molar refractivity (Wildman–Crippen MR) is 113 cm³/mol. The molecule has 3 aromatic rings. The number of nitrogens with zero attached hydrogens (tertiary/aromatic N) is 3. The zero-order chi connectivity index (χ0) is 27.4. The summed E-state index contributed by atoms with van der Waals surface area (Å²) in [7, 11) is 0. The zero-order valence-electron chi connectivity index (χ0n) is 18.5. The van der Waals surface area contributed by atoms with Gasteiger partial charge in [-0.15, -0.1) is 10.2 Å². The molecule has 2 aromatic carbocycles. The standard InChI is InChI=1S/C20H16F4N4O2.C2HF3O2/c21-15-8-12(17-26-27-18(30-17)16(22)23)6-7-13(15)9-28(14-4-2-1-3-5-14)19(29)20(24)10-25-11-20;3-2(4,5)1(6)7/h1-8,16,25H,9-11H2;(H,6,7). The number of aliphatic carboxylic acids is 1. The van der Waals surface area contributed by atoms with Gasteiger partial charge in [0.1, 0.15) is 5.82 Å². The number of carbonyl (C=O) groups excluding carboxylic acids is 1. The van der Waals surface area contributed by atoms with E-state index in [-0.39, 0.29) is 36.7 Å². The number of rotatable bonds is 6. The van der Waals surface area contributed by atoms with Crippen molar-refractivity contribution in [2.75, 3.05) is 18.0 Å². The van der Waals surface area contributed by atoms with Crippen LogP contribution in [0.5, 0.6) is 0 Å². The molecule has 37 heavy (non-hydrogen) atoms. The van der Waals surface area contributed by atoms with Crippen molar-refractivity contribution in [2.24, 2.45) is 0 Å². The number of anilines is 1. The maximum atomic E-state index is 14.8. The second-order valence-electron chi connectivity index (χ2n) is 7.65. The SMILES string of the molecule is O=C(N(Cc1ccc(-c2nnc(C(F)F)o2)cc1F)c1ccccc1)C1(F)CNC1.O=C(O)C(F)(F)F. The first kappa shape index (κ1) is 27.6. The summed E-state index contributed by atoms with van der Waals surface area (Å²) in [5.74, 6) is -5.37. The van der Waals surface area contributed by atoms with E-state index in [1.807, 2.05) is 0 Å². The number of amides is 1. The summed E-state index contributed by atoms with van der Waals surface area (Å²) in [6.45, 7) is -0.437. The Hall–Kier alpha value is -4.01. The molecule has 1 amide bonds. The van der Waals surface area contributed by atoms with Gasteiger partial charge >= 0.3 is 18.6 Å². The van der Waals surface area contributed by atoms with E-state index < -0.39 is 41.9 Å². The third kappa shape index (κ3) is 6.61. The van der Waals surface area contributed by atoms with Crippen LogP contribution in [0.4, 0.5) is 36.4 Å². The average Bonchev–Trinajstić information content (AvgIpc) is 3.32.